The standard InChI is InChI=1S/C14H18N2O2/c1-18-14-7-11(8-15)4-5-12(14)9-16-6-2-3-13(16)10-17/h4-5,7,13,17H,2-3,6,9-10H2,1H3/t13-/m1/s1. The normalized spacial score (nSPS) is 19.7. The fourth-order valence-corrected chi connectivity index (χ4v) is 2.47. The zero-order valence-corrected chi connectivity index (χ0v) is 10.6. The number of hydrogen-bond donors (Lipinski definition) is 1. The number of hydrogen-bond acceptors (Lipinski definition) is 4. The Labute approximate surface area is 107 Å². The first-order chi connectivity index (χ1) is 8.78. The summed E-state index contributed by atoms with van der Waals surface area (Å²) in [4.78, 5) is 2.27. The Balaban J connectivity index is 2.16. The number of aliphatic hydroxyl groups is 1. The molecule has 0 aromatic heterocycles. The summed E-state index contributed by atoms with van der Waals surface area (Å²) < 4.78 is 5.33. The largest absolute Gasteiger partial charge is 0.496 e. The maximum Gasteiger partial charge on any atom is 0.124 e. The molecule has 2 rings (SSSR count). The second-order valence-corrected chi connectivity index (χ2v) is 4.59. The highest BCUT2D eigenvalue weighted by Crippen LogP contribution is 2.25. The van der Waals surface area contributed by atoms with Crippen molar-refractivity contribution in [2.45, 2.75) is 25.4 Å². The number of nitrogens with zero attached hydrogens (tertiary/aromatic N) is 2. The number of ether oxygens (including phenoxy) is 1. The first kappa shape index (κ1) is 12.9. The third-order valence-corrected chi connectivity index (χ3v) is 3.50. The van der Waals surface area contributed by atoms with Crippen molar-refractivity contribution in [3.8, 4) is 11.8 Å². The van der Waals surface area contributed by atoms with Gasteiger partial charge in [-0.3, -0.25) is 4.90 Å². The maximum atomic E-state index is 9.31. The lowest BCUT2D eigenvalue weighted by molar-refractivity contribution is 0.152. The molecule has 1 saturated heterocycles. The molecule has 1 aliphatic heterocycles. The number of likely N-dealkylation sites (tertiary alicyclic amines) is 1. The molecule has 0 bridgehead atoms. The quantitative estimate of drug-likeness (QED) is 0.875. The second kappa shape index (κ2) is 5.85. The summed E-state index contributed by atoms with van der Waals surface area (Å²) in [6, 6.07) is 7.87. The van der Waals surface area contributed by atoms with E-state index in [4.69, 9.17) is 10.00 Å². The molecule has 4 heteroatoms. The summed E-state index contributed by atoms with van der Waals surface area (Å²) in [5.41, 5.74) is 1.67. The summed E-state index contributed by atoms with van der Waals surface area (Å²) in [7, 11) is 1.62. The van der Waals surface area contributed by atoms with E-state index >= 15 is 0 Å². The molecule has 0 saturated carbocycles. The third-order valence-electron chi connectivity index (χ3n) is 3.50. The van der Waals surface area contributed by atoms with Crippen LogP contribution in [-0.2, 0) is 6.54 Å². The van der Waals surface area contributed by atoms with Gasteiger partial charge in [-0.1, -0.05) is 6.07 Å². The van der Waals surface area contributed by atoms with Gasteiger partial charge in [-0.2, -0.15) is 5.26 Å². The summed E-state index contributed by atoms with van der Waals surface area (Å²) in [5.74, 6) is 0.748. The maximum absolute atomic E-state index is 9.31. The Morgan fingerprint density at radius 1 is 1.56 bits per heavy atom. The van der Waals surface area contributed by atoms with Crippen LogP contribution in [0.5, 0.6) is 5.75 Å². The van der Waals surface area contributed by atoms with Gasteiger partial charge in [0.1, 0.15) is 5.75 Å². The van der Waals surface area contributed by atoms with Crippen molar-refractivity contribution in [1.82, 2.24) is 4.90 Å². The van der Waals surface area contributed by atoms with E-state index in [2.05, 4.69) is 11.0 Å². The van der Waals surface area contributed by atoms with Gasteiger partial charge in [-0.15, -0.1) is 0 Å². The smallest absolute Gasteiger partial charge is 0.124 e. The van der Waals surface area contributed by atoms with Crippen LogP contribution < -0.4 is 4.74 Å². The number of methoxy groups -OCH3 is 1. The van der Waals surface area contributed by atoms with E-state index in [9.17, 15) is 5.11 Å². The zero-order valence-electron chi connectivity index (χ0n) is 10.6. The Bertz CT molecular complexity index is 454. The monoisotopic (exact) mass is 246 g/mol. The van der Waals surface area contributed by atoms with Gasteiger partial charge in [-0.05, 0) is 31.5 Å². The van der Waals surface area contributed by atoms with E-state index in [1.165, 1.54) is 0 Å². The fourth-order valence-electron chi connectivity index (χ4n) is 2.47. The van der Waals surface area contributed by atoms with Crippen molar-refractivity contribution in [2.24, 2.45) is 0 Å². The van der Waals surface area contributed by atoms with Gasteiger partial charge in [0, 0.05) is 18.2 Å². The highest BCUT2D eigenvalue weighted by Gasteiger charge is 2.24. The molecule has 0 unspecified atom stereocenters. The molecule has 0 amide bonds. The molecule has 1 fully saturated rings. The first-order valence-corrected chi connectivity index (χ1v) is 6.20. The zero-order chi connectivity index (χ0) is 13.0. The van der Waals surface area contributed by atoms with Gasteiger partial charge >= 0.3 is 0 Å². The van der Waals surface area contributed by atoms with Crippen LogP contribution in [0.2, 0.25) is 0 Å². The van der Waals surface area contributed by atoms with Gasteiger partial charge in [0.15, 0.2) is 0 Å². The molecule has 1 N–H and O–H groups in total. The lowest BCUT2D eigenvalue weighted by Crippen LogP contribution is -2.31. The molecule has 96 valence electrons. The summed E-state index contributed by atoms with van der Waals surface area (Å²) >= 11 is 0. The van der Waals surface area contributed by atoms with Crippen LogP contribution in [-0.4, -0.2) is 36.3 Å². The summed E-state index contributed by atoms with van der Waals surface area (Å²) in [6.07, 6.45) is 2.18. The fraction of sp³-hybridized carbons (Fsp3) is 0.500. The molecule has 1 aliphatic rings. The number of aliphatic hydroxyl groups excluding tert-OH is 1. The summed E-state index contributed by atoms with van der Waals surface area (Å²) in [6.45, 7) is 1.98. The minimum absolute atomic E-state index is 0.207. The molecular formula is C14H18N2O2. The van der Waals surface area contributed by atoms with Crippen LogP contribution in [0.3, 0.4) is 0 Å². The van der Waals surface area contributed by atoms with Crippen LogP contribution in [0, 0.1) is 11.3 Å². The van der Waals surface area contributed by atoms with Crippen molar-refractivity contribution in [1.29, 1.82) is 5.26 Å². The predicted octanol–water partition coefficient (Wildman–Crippen LogP) is 1.52. The Morgan fingerprint density at radius 2 is 2.39 bits per heavy atom. The first-order valence-electron chi connectivity index (χ1n) is 6.20. The van der Waals surface area contributed by atoms with E-state index in [1.54, 1.807) is 13.2 Å². The number of nitriles is 1. The van der Waals surface area contributed by atoms with Crippen molar-refractivity contribution in [3.05, 3.63) is 29.3 Å². The molecular weight excluding hydrogens is 228 g/mol. The molecule has 18 heavy (non-hydrogen) atoms. The van der Waals surface area contributed by atoms with Gasteiger partial charge in [0.05, 0.1) is 25.3 Å². The van der Waals surface area contributed by atoms with Crippen molar-refractivity contribution in [2.75, 3.05) is 20.3 Å². The van der Waals surface area contributed by atoms with Crippen LogP contribution >= 0.6 is 0 Å². The van der Waals surface area contributed by atoms with E-state index < -0.39 is 0 Å². The van der Waals surface area contributed by atoms with Gasteiger partial charge in [0.2, 0.25) is 0 Å². The van der Waals surface area contributed by atoms with E-state index in [0.29, 0.717) is 5.56 Å². The van der Waals surface area contributed by atoms with Crippen LogP contribution in [0.25, 0.3) is 0 Å². The third kappa shape index (κ3) is 2.63. The van der Waals surface area contributed by atoms with Crippen molar-refractivity contribution in [3.63, 3.8) is 0 Å². The van der Waals surface area contributed by atoms with Crippen LogP contribution in [0.1, 0.15) is 24.0 Å². The molecule has 1 heterocycles. The number of benzene rings is 1. The SMILES string of the molecule is COc1cc(C#N)ccc1CN1CCC[C@@H]1CO. The predicted molar refractivity (Wildman–Crippen MR) is 68.2 cm³/mol. The van der Waals surface area contributed by atoms with E-state index in [1.807, 2.05) is 12.1 Å². The molecule has 1 aromatic carbocycles. The Morgan fingerprint density at radius 3 is 3.06 bits per heavy atom. The highest BCUT2D eigenvalue weighted by atomic mass is 16.5. The van der Waals surface area contributed by atoms with Gasteiger partial charge in [0.25, 0.3) is 0 Å². The number of rotatable bonds is 4. The summed E-state index contributed by atoms with van der Waals surface area (Å²) in [5, 5.41) is 18.2. The Hall–Kier alpha value is -1.57. The van der Waals surface area contributed by atoms with Gasteiger partial charge in [-0.25, -0.2) is 0 Å². The molecule has 1 aromatic rings. The van der Waals surface area contributed by atoms with E-state index in [-0.39, 0.29) is 12.6 Å². The molecule has 1 atom stereocenters. The van der Waals surface area contributed by atoms with E-state index in [0.717, 1.165) is 37.2 Å². The average molecular weight is 246 g/mol. The van der Waals surface area contributed by atoms with Gasteiger partial charge < -0.3 is 9.84 Å². The molecule has 0 spiro atoms. The minimum atomic E-state index is 0.207. The van der Waals surface area contributed by atoms with Crippen LogP contribution in [0.15, 0.2) is 18.2 Å². The topological polar surface area (TPSA) is 56.5 Å². The minimum Gasteiger partial charge on any atom is -0.496 e. The lowest BCUT2D eigenvalue weighted by Gasteiger charge is -2.23. The molecule has 4 nitrogen and oxygen atoms in total. The molecule has 0 aliphatic carbocycles. The highest BCUT2D eigenvalue weighted by molar-refractivity contribution is 5.42. The average Bonchev–Trinajstić information content (AvgIpc) is 2.86. The Kier molecular flexibility index (Phi) is 4.19. The lowest BCUT2D eigenvalue weighted by atomic mass is 10.1. The second-order valence-electron chi connectivity index (χ2n) is 4.59. The molecule has 0 radical (unpaired) electrons. The van der Waals surface area contributed by atoms with Crippen molar-refractivity contribution < 1.29 is 9.84 Å². The van der Waals surface area contributed by atoms with Crippen LogP contribution in [0.4, 0.5) is 0 Å². The van der Waals surface area contributed by atoms with Crippen molar-refractivity contribution >= 4 is 0 Å².